The molecule has 1 heterocycles. The largest absolute Gasteiger partial charge is 0.340 e. The first kappa shape index (κ1) is 9.18. The molecule has 0 fully saturated rings. The van der Waals surface area contributed by atoms with Crippen molar-refractivity contribution in [3.8, 4) is 0 Å². The van der Waals surface area contributed by atoms with E-state index in [1.54, 1.807) is 24.5 Å². The molecule has 0 bridgehead atoms. The molecular weight excluding hydrogens is 168 g/mol. The molecule has 0 aliphatic carbocycles. The summed E-state index contributed by atoms with van der Waals surface area (Å²) in [5.41, 5.74) is 3.16. The summed E-state index contributed by atoms with van der Waals surface area (Å²) in [6.07, 6.45) is 4.85. The Kier molecular flexibility index (Phi) is 3.44. The fraction of sp³-hybridized carbons (Fsp3) is 0.125. The van der Waals surface area contributed by atoms with E-state index >= 15 is 0 Å². The number of carbonyl (C=O) groups excluding carboxylic acids is 1. The van der Waals surface area contributed by atoms with Crippen LogP contribution in [0.1, 0.15) is 5.56 Å². The van der Waals surface area contributed by atoms with Crippen LogP contribution in [0.2, 0.25) is 0 Å². The zero-order valence-corrected chi connectivity index (χ0v) is 7.19. The Morgan fingerprint density at radius 1 is 1.54 bits per heavy atom. The van der Waals surface area contributed by atoms with Crippen LogP contribution in [-0.4, -0.2) is 24.3 Å². The molecule has 0 radical (unpaired) electrons. The highest BCUT2D eigenvalue weighted by Crippen LogP contribution is 1.89. The number of aromatic nitrogens is 1. The third kappa shape index (κ3) is 3.33. The molecule has 5 heteroatoms. The monoisotopic (exact) mass is 178 g/mol. The van der Waals surface area contributed by atoms with Crippen molar-refractivity contribution < 1.29 is 4.79 Å². The number of hydrogen-bond donors (Lipinski definition) is 2. The van der Waals surface area contributed by atoms with Crippen LogP contribution in [0.4, 0.5) is 4.79 Å². The van der Waals surface area contributed by atoms with Crippen LogP contribution in [0.25, 0.3) is 0 Å². The molecule has 13 heavy (non-hydrogen) atoms. The van der Waals surface area contributed by atoms with Gasteiger partial charge in [-0.3, -0.25) is 4.98 Å². The summed E-state index contributed by atoms with van der Waals surface area (Å²) in [5.74, 6) is 0. The molecule has 68 valence electrons. The van der Waals surface area contributed by atoms with Gasteiger partial charge in [0.2, 0.25) is 0 Å². The van der Waals surface area contributed by atoms with E-state index in [1.165, 1.54) is 13.3 Å². The Morgan fingerprint density at radius 3 is 2.85 bits per heavy atom. The van der Waals surface area contributed by atoms with Crippen LogP contribution in [0.3, 0.4) is 0 Å². The maximum absolute atomic E-state index is 10.7. The number of amides is 2. The van der Waals surface area contributed by atoms with Crippen molar-refractivity contribution >= 4 is 12.2 Å². The molecule has 0 aromatic carbocycles. The van der Waals surface area contributed by atoms with E-state index < -0.39 is 0 Å². The summed E-state index contributed by atoms with van der Waals surface area (Å²) in [6.45, 7) is 0. The lowest BCUT2D eigenvalue weighted by atomic mass is 10.3. The zero-order valence-electron chi connectivity index (χ0n) is 7.19. The highest BCUT2D eigenvalue weighted by molar-refractivity contribution is 5.81. The van der Waals surface area contributed by atoms with Gasteiger partial charge in [0, 0.05) is 19.4 Å². The number of hydrogen-bond acceptors (Lipinski definition) is 3. The second-order valence-electron chi connectivity index (χ2n) is 2.23. The predicted octanol–water partition coefficient (Wildman–Crippen LogP) is 0.344. The van der Waals surface area contributed by atoms with Gasteiger partial charge in [0.25, 0.3) is 0 Å². The Morgan fingerprint density at radius 2 is 2.23 bits per heavy atom. The summed E-state index contributed by atoms with van der Waals surface area (Å²) >= 11 is 0. The molecule has 0 spiro atoms. The third-order valence-electron chi connectivity index (χ3n) is 1.31. The van der Waals surface area contributed by atoms with Gasteiger partial charge < -0.3 is 5.32 Å². The number of nitrogens with zero attached hydrogens (tertiary/aromatic N) is 2. The summed E-state index contributed by atoms with van der Waals surface area (Å²) in [4.78, 5) is 14.5. The fourth-order valence-electron chi connectivity index (χ4n) is 0.671. The first-order valence-electron chi connectivity index (χ1n) is 3.74. The lowest BCUT2D eigenvalue weighted by Gasteiger charge is -1.95. The highest BCUT2D eigenvalue weighted by atomic mass is 16.2. The molecule has 1 aromatic rings. The van der Waals surface area contributed by atoms with Gasteiger partial charge in [0.15, 0.2) is 0 Å². The molecule has 2 N–H and O–H groups in total. The molecule has 0 saturated heterocycles. The van der Waals surface area contributed by atoms with Gasteiger partial charge in [-0.25, -0.2) is 10.2 Å². The van der Waals surface area contributed by atoms with Gasteiger partial charge >= 0.3 is 6.03 Å². The van der Waals surface area contributed by atoms with E-state index in [0.717, 1.165) is 5.56 Å². The summed E-state index contributed by atoms with van der Waals surface area (Å²) in [5, 5.41) is 6.07. The minimum Gasteiger partial charge on any atom is -0.340 e. The number of pyridine rings is 1. The molecule has 2 amide bonds. The van der Waals surface area contributed by atoms with E-state index in [0.29, 0.717) is 0 Å². The van der Waals surface area contributed by atoms with Crippen LogP contribution in [-0.2, 0) is 0 Å². The standard InChI is InChI=1S/C8H10N4O/c1-9-8(13)12-11-6-7-2-4-10-5-3-7/h2-6H,1H3,(H2,9,12,13)/b11-6-. The molecule has 0 atom stereocenters. The average molecular weight is 178 g/mol. The van der Waals surface area contributed by atoms with Gasteiger partial charge in [-0.1, -0.05) is 0 Å². The third-order valence-corrected chi connectivity index (χ3v) is 1.31. The van der Waals surface area contributed by atoms with Gasteiger partial charge in [-0.15, -0.1) is 0 Å². The number of nitrogens with one attached hydrogen (secondary N) is 2. The normalized spacial score (nSPS) is 9.92. The number of urea groups is 1. The second kappa shape index (κ2) is 4.87. The average Bonchev–Trinajstić information content (AvgIpc) is 2.19. The van der Waals surface area contributed by atoms with Gasteiger partial charge in [0.05, 0.1) is 6.21 Å². The van der Waals surface area contributed by atoms with Crippen LogP contribution >= 0.6 is 0 Å². The van der Waals surface area contributed by atoms with Crippen LogP contribution < -0.4 is 10.7 Å². The van der Waals surface area contributed by atoms with Crippen molar-refractivity contribution in [1.29, 1.82) is 0 Å². The Bertz CT molecular complexity index is 296. The van der Waals surface area contributed by atoms with E-state index in [9.17, 15) is 4.79 Å². The number of hydrazone groups is 1. The first-order valence-corrected chi connectivity index (χ1v) is 3.74. The smallest absolute Gasteiger partial charge is 0.334 e. The van der Waals surface area contributed by atoms with Gasteiger partial charge in [-0.2, -0.15) is 5.10 Å². The lowest BCUT2D eigenvalue weighted by molar-refractivity contribution is 0.243. The topological polar surface area (TPSA) is 66.4 Å². The van der Waals surface area contributed by atoms with Crippen molar-refractivity contribution in [3.05, 3.63) is 30.1 Å². The van der Waals surface area contributed by atoms with Gasteiger partial charge in [0.1, 0.15) is 0 Å². The Labute approximate surface area is 75.9 Å². The van der Waals surface area contributed by atoms with Crippen molar-refractivity contribution in [3.63, 3.8) is 0 Å². The molecular formula is C8H10N4O. The van der Waals surface area contributed by atoms with E-state index in [-0.39, 0.29) is 6.03 Å². The first-order chi connectivity index (χ1) is 6.33. The zero-order chi connectivity index (χ0) is 9.52. The quantitative estimate of drug-likeness (QED) is 0.506. The van der Waals surface area contributed by atoms with Crippen molar-refractivity contribution in [1.82, 2.24) is 15.7 Å². The van der Waals surface area contributed by atoms with Gasteiger partial charge in [-0.05, 0) is 17.7 Å². The molecule has 1 aromatic heterocycles. The SMILES string of the molecule is CNC(=O)N/N=C\c1ccncc1. The lowest BCUT2D eigenvalue weighted by Crippen LogP contribution is -2.28. The van der Waals surface area contributed by atoms with Crippen LogP contribution in [0, 0.1) is 0 Å². The highest BCUT2D eigenvalue weighted by Gasteiger charge is 1.89. The molecule has 5 nitrogen and oxygen atoms in total. The van der Waals surface area contributed by atoms with Crippen LogP contribution in [0.15, 0.2) is 29.6 Å². The van der Waals surface area contributed by atoms with E-state index in [4.69, 9.17) is 0 Å². The maximum atomic E-state index is 10.7. The van der Waals surface area contributed by atoms with Crippen molar-refractivity contribution in [2.45, 2.75) is 0 Å². The van der Waals surface area contributed by atoms with Crippen molar-refractivity contribution in [2.24, 2.45) is 5.10 Å². The summed E-state index contributed by atoms with van der Waals surface area (Å²) in [7, 11) is 1.53. The Hall–Kier alpha value is -1.91. The minimum atomic E-state index is -0.342. The summed E-state index contributed by atoms with van der Waals surface area (Å²) < 4.78 is 0. The molecule has 0 aliphatic heterocycles. The fourth-order valence-corrected chi connectivity index (χ4v) is 0.671. The van der Waals surface area contributed by atoms with E-state index in [1.807, 2.05) is 0 Å². The number of rotatable bonds is 2. The van der Waals surface area contributed by atoms with Crippen molar-refractivity contribution in [2.75, 3.05) is 7.05 Å². The minimum absolute atomic E-state index is 0.342. The molecule has 0 saturated carbocycles. The molecule has 0 unspecified atom stereocenters. The van der Waals surface area contributed by atoms with E-state index in [2.05, 4.69) is 20.8 Å². The predicted molar refractivity (Wildman–Crippen MR) is 49.4 cm³/mol. The molecule has 1 rings (SSSR count). The Balaban J connectivity index is 2.45. The van der Waals surface area contributed by atoms with Crippen LogP contribution in [0.5, 0.6) is 0 Å². The number of carbonyl (C=O) groups is 1. The molecule has 0 aliphatic rings. The summed E-state index contributed by atoms with van der Waals surface area (Å²) in [6, 6.07) is 3.23. The maximum Gasteiger partial charge on any atom is 0.334 e. The second-order valence-corrected chi connectivity index (χ2v) is 2.23.